The Bertz CT molecular complexity index is 630. The molecule has 0 N–H and O–H groups in total. The molecule has 0 radical (unpaired) electrons. The van der Waals surface area contributed by atoms with Gasteiger partial charge < -0.3 is 19.3 Å². The van der Waals surface area contributed by atoms with Gasteiger partial charge in [-0.05, 0) is 37.5 Å². The van der Waals surface area contributed by atoms with Crippen molar-refractivity contribution in [3.05, 3.63) is 23.3 Å². The van der Waals surface area contributed by atoms with Gasteiger partial charge in [0.15, 0.2) is 0 Å². The van der Waals surface area contributed by atoms with Gasteiger partial charge in [0.2, 0.25) is 5.91 Å². The second-order valence-electron chi connectivity index (χ2n) is 6.30. The maximum atomic E-state index is 13.0. The molecular formula is C19H28N2O4. The Balaban J connectivity index is 2.16. The predicted octanol–water partition coefficient (Wildman–Crippen LogP) is 2.49. The third kappa shape index (κ3) is 4.44. The Morgan fingerprint density at radius 3 is 2.28 bits per heavy atom. The highest BCUT2D eigenvalue weighted by molar-refractivity contribution is 5.97. The van der Waals surface area contributed by atoms with Crippen LogP contribution in [0.3, 0.4) is 0 Å². The van der Waals surface area contributed by atoms with Crippen molar-refractivity contribution in [1.82, 2.24) is 9.80 Å². The van der Waals surface area contributed by atoms with Gasteiger partial charge in [0, 0.05) is 32.6 Å². The van der Waals surface area contributed by atoms with E-state index in [0.717, 1.165) is 18.4 Å². The van der Waals surface area contributed by atoms with E-state index in [0.29, 0.717) is 49.7 Å². The van der Waals surface area contributed by atoms with Crippen molar-refractivity contribution in [2.75, 3.05) is 40.4 Å². The van der Waals surface area contributed by atoms with Crippen LogP contribution < -0.4 is 9.47 Å². The lowest BCUT2D eigenvalue weighted by molar-refractivity contribution is -0.131. The Morgan fingerprint density at radius 1 is 1.00 bits per heavy atom. The van der Waals surface area contributed by atoms with Gasteiger partial charge in [-0.3, -0.25) is 9.59 Å². The molecule has 1 heterocycles. The first-order valence-corrected chi connectivity index (χ1v) is 8.81. The zero-order valence-corrected chi connectivity index (χ0v) is 15.6. The molecule has 6 nitrogen and oxygen atoms in total. The fourth-order valence-electron chi connectivity index (χ4n) is 3.13. The Labute approximate surface area is 149 Å². The molecule has 0 aromatic heterocycles. The largest absolute Gasteiger partial charge is 0.496 e. The van der Waals surface area contributed by atoms with Crippen molar-refractivity contribution in [3.63, 3.8) is 0 Å². The first kappa shape index (κ1) is 19.1. The fourth-order valence-corrected chi connectivity index (χ4v) is 3.13. The smallest absolute Gasteiger partial charge is 0.257 e. The highest BCUT2D eigenvalue weighted by Crippen LogP contribution is 2.29. The zero-order valence-electron chi connectivity index (χ0n) is 15.6. The van der Waals surface area contributed by atoms with Gasteiger partial charge in [0.05, 0.1) is 19.8 Å². The Hall–Kier alpha value is -2.24. The van der Waals surface area contributed by atoms with Crippen LogP contribution in [0.5, 0.6) is 11.5 Å². The van der Waals surface area contributed by atoms with Crippen LogP contribution in [-0.4, -0.2) is 62.0 Å². The summed E-state index contributed by atoms with van der Waals surface area (Å²) in [5.74, 6) is 1.30. The van der Waals surface area contributed by atoms with Gasteiger partial charge in [-0.2, -0.15) is 0 Å². The lowest BCUT2D eigenvalue weighted by atomic mass is 10.1. The van der Waals surface area contributed by atoms with Crippen molar-refractivity contribution in [3.8, 4) is 11.5 Å². The number of hydrogen-bond acceptors (Lipinski definition) is 4. The van der Waals surface area contributed by atoms with E-state index in [2.05, 4.69) is 0 Å². The second-order valence-corrected chi connectivity index (χ2v) is 6.30. The molecule has 0 saturated carbocycles. The van der Waals surface area contributed by atoms with E-state index in [1.54, 1.807) is 25.2 Å². The molecule has 0 aliphatic carbocycles. The molecule has 2 rings (SSSR count). The van der Waals surface area contributed by atoms with Crippen LogP contribution in [0.1, 0.15) is 42.1 Å². The topological polar surface area (TPSA) is 59.1 Å². The summed E-state index contributed by atoms with van der Waals surface area (Å²) >= 11 is 0. The van der Waals surface area contributed by atoms with Crippen molar-refractivity contribution in [2.24, 2.45) is 0 Å². The molecule has 2 amide bonds. The quantitative estimate of drug-likeness (QED) is 0.820. The monoisotopic (exact) mass is 348 g/mol. The van der Waals surface area contributed by atoms with Crippen LogP contribution in [0.15, 0.2) is 12.1 Å². The number of methoxy groups -OCH3 is 2. The normalized spacial score (nSPS) is 14.9. The molecule has 1 aromatic rings. The molecular weight excluding hydrogens is 320 g/mol. The van der Waals surface area contributed by atoms with Crippen LogP contribution in [0.2, 0.25) is 0 Å². The summed E-state index contributed by atoms with van der Waals surface area (Å²) in [6.45, 7) is 6.37. The summed E-state index contributed by atoms with van der Waals surface area (Å²) < 4.78 is 10.7. The molecule has 6 heteroatoms. The van der Waals surface area contributed by atoms with Crippen LogP contribution >= 0.6 is 0 Å². The molecule has 0 bridgehead atoms. The van der Waals surface area contributed by atoms with E-state index < -0.39 is 0 Å². The van der Waals surface area contributed by atoms with E-state index in [1.807, 2.05) is 24.8 Å². The molecule has 0 unspecified atom stereocenters. The van der Waals surface area contributed by atoms with Crippen molar-refractivity contribution in [1.29, 1.82) is 0 Å². The zero-order chi connectivity index (χ0) is 18.4. The molecule has 1 aliphatic heterocycles. The van der Waals surface area contributed by atoms with Gasteiger partial charge in [-0.25, -0.2) is 0 Å². The predicted molar refractivity (Wildman–Crippen MR) is 96.3 cm³/mol. The first-order chi connectivity index (χ1) is 12.0. The molecule has 1 aromatic carbocycles. The van der Waals surface area contributed by atoms with Crippen molar-refractivity contribution >= 4 is 11.8 Å². The van der Waals surface area contributed by atoms with E-state index in [4.69, 9.17) is 9.47 Å². The molecule has 25 heavy (non-hydrogen) atoms. The summed E-state index contributed by atoms with van der Waals surface area (Å²) in [5, 5.41) is 0. The number of carbonyl (C=O) groups excluding carboxylic acids is 2. The maximum absolute atomic E-state index is 13.0. The van der Waals surface area contributed by atoms with Gasteiger partial charge in [0.1, 0.15) is 11.5 Å². The summed E-state index contributed by atoms with van der Waals surface area (Å²) in [5.41, 5.74) is 1.42. The fraction of sp³-hybridized carbons (Fsp3) is 0.579. The van der Waals surface area contributed by atoms with E-state index >= 15 is 0 Å². The minimum absolute atomic E-state index is 0.0834. The number of aryl methyl sites for hydroxylation is 1. The number of ether oxygens (including phenoxy) is 2. The highest BCUT2D eigenvalue weighted by Gasteiger charge is 2.25. The lowest BCUT2D eigenvalue weighted by Crippen LogP contribution is -2.37. The average Bonchev–Trinajstić information content (AvgIpc) is 2.87. The van der Waals surface area contributed by atoms with E-state index in [9.17, 15) is 9.59 Å². The molecule has 1 aliphatic rings. The summed E-state index contributed by atoms with van der Waals surface area (Å²) in [6, 6.07) is 3.56. The van der Waals surface area contributed by atoms with Crippen molar-refractivity contribution < 1.29 is 19.1 Å². The lowest BCUT2D eigenvalue weighted by Gasteiger charge is -2.23. The van der Waals surface area contributed by atoms with Gasteiger partial charge in [-0.1, -0.05) is 6.92 Å². The summed E-state index contributed by atoms with van der Waals surface area (Å²) in [6.07, 6.45) is 2.20. The van der Waals surface area contributed by atoms with Gasteiger partial charge >= 0.3 is 0 Å². The second kappa shape index (κ2) is 8.74. The van der Waals surface area contributed by atoms with Gasteiger partial charge in [-0.15, -0.1) is 0 Å². The molecule has 138 valence electrons. The van der Waals surface area contributed by atoms with Gasteiger partial charge in [0.25, 0.3) is 5.91 Å². The average molecular weight is 348 g/mol. The third-order valence-corrected chi connectivity index (χ3v) is 4.55. The number of hydrogen-bond donors (Lipinski definition) is 0. The SMILES string of the molecule is CCCC(=O)N1CCCN(C(=O)c2cc(OC)c(C)cc2OC)CC1. The molecule has 0 atom stereocenters. The van der Waals surface area contributed by atoms with Crippen LogP contribution in [0.4, 0.5) is 0 Å². The molecule has 1 fully saturated rings. The third-order valence-electron chi connectivity index (χ3n) is 4.55. The van der Waals surface area contributed by atoms with Crippen LogP contribution in [-0.2, 0) is 4.79 Å². The number of amides is 2. The first-order valence-electron chi connectivity index (χ1n) is 8.81. The molecule has 1 saturated heterocycles. The minimum atomic E-state index is -0.0834. The van der Waals surface area contributed by atoms with Crippen LogP contribution in [0, 0.1) is 6.92 Å². The Morgan fingerprint density at radius 2 is 1.64 bits per heavy atom. The van der Waals surface area contributed by atoms with E-state index in [1.165, 1.54) is 0 Å². The molecule has 0 spiro atoms. The van der Waals surface area contributed by atoms with Crippen LogP contribution in [0.25, 0.3) is 0 Å². The summed E-state index contributed by atoms with van der Waals surface area (Å²) in [4.78, 5) is 28.8. The number of rotatable bonds is 5. The summed E-state index contributed by atoms with van der Waals surface area (Å²) in [7, 11) is 3.15. The minimum Gasteiger partial charge on any atom is -0.496 e. The maximum Gasteiger partial charge on any atom is 0.257 e. The van der Waals surface area contributed by atoms with Crippen molar-refractivity contribution in [2.45, 2.75) is 33.1 Å². The Kier molecular flexibility index (Phi) is 6.67. The standard InChI is InChI=1S/C19H28N2O4/c1-5-7-18(22)20-8-6-9-21(11-10-20)19(23)15-13-16(24-3)14(2)12-17(15)25-4/h12-13H,5-11H2,1-4H3. The number of carbonyl (C=O) groups is 2. The number of nitrogens with zero attached hydrogens (tertiary/aromatic N) is 2. The number of benzene rings is 1. The highest BCUT2D eigenvalue weighted by atomic mass is 16.5. The van der Waals surface area contributed by atoms with E-state index in [-0.39, 0.29) is 11.8 Å².